The summed E-state index contributed by atoms with van der Waals surface area (Å²) in [4.78, 5) is 12.2. The Balaban J connectivity index is 3.02. The maximum atomic E-state index is 12.2. The molecule has 0 aliphatic rings. The van der Waals surface area contributed by atoms with Crippen molar-refractivity contribution >= 4 is 5.78 Å². The Morgan fingerprint density at radius 3 is 1.95 bits per heavy atom. The van der Waals surface area contributed by atoms with Gasteiger partial charge in [-0.05, 0) is 62.3 Å². The fraction of sp³-hybridized carbons (Fsp3) is 0.650. The molecule has 1 aromatic carbocycles. The quantitative estimate of drug-likeness (QED) is 0.610. The van der Waals surface area contributed by atoms with Crippen molar-refractivity contribution in [2.75, 3.05) is 0 Å². The molecule has 0 aliphatic heterocycles. The van der Waals surface area contributed by atoms with Gasteiger partial charge in [-0.3, -0.25) is 4.79 Å². The molecule has 0 aliphatic carbocycles. The summed E-state index contributed by atoms with van der Waals surface area (Å²) < 4.78 is 0. The Morgan fingerprint density at radius 2 is 1.48 bits per heavy atom. The van der Waals surface area contributed by atoms with Crippen molar-refractivity contribution in [1.82, 2.24) is 0 Å². The van der Waals surface area contributed by atoms with Gasteiger partial charge in [0, 0.05) is 5.92 Å². The van der Waals surface area contributed by atoms with Crippen molar-refractivity contribution < 1.29 is 4.79 Å². The van der Waals surface area contributed by atoms with Crippen molar-refractivity contribution in [3.8, 4) is 0 Å². The van der Waals surface area contributed by atoms with Crippen LogP contribution in [0.3, 0.4) is 0 Å². The molecule has 0 N–H and O–H groups in total. The summed E-state index contributed by atoms with van der Waals surface area (Å²) in [6.07, 6.45) is 5.58. The monoisotopic (exact) mass is 288 g/mol. The molecule has 0 radical (unpaired) electrons. The minimum atomic E-state index is 0.186. The highest BCUT2D eigenvalue weighted by Gasteiger charge is 2.25. The maximum Gasteiger partial charge on any atom is 0.133 e. The summed E-state index contributed by atoms with van der Waals surface area (Å²) in [6.45, 7) is 12.7. The molecule has 1 heteroatoms. The molecular formula is C20H32O. The van der Waals surface area contributed by atoms with Gasteiger partial charge in [0.2, 0.25) is 0 Å². The summed E-state index contributed by atoms with van der Waals surface area (Å²) in [5.41, 5.74) is 5.36. The number of rotatable bonds is 8. The molecule has 1 nitrogen and oxygen atoms in total. The zero-order valence-corrected chi connectivity index (χ0v) is 14.8. The fourth-order valence-corrected chi connectivity index (χ4v) is 3.41. The van der Waals surface area contributed by atoms with E-state index in [9.17, 15) is 4.79 Å². The van der Waals surface area contributed by atoms with Crippen LogP contribution in [0.2, 0.25) is 0 Å². The third-order valence-electron chi connectivity index (χ3n) is 4.80. The Hall–Kier alpha value is -1.11. The molecule has 0 aromatic heterocycles. The predicted molar refractivity (Wildman–Crippen MR) is 91.8 cm³/mol. The van der Waals surface area contributed by atoms with Crippen molar-refractivity contribution in [2.45, 2.75) is 73.6 Å². The molecule has 0 amide bonds. The van der Waals surface area contributed by atoms with Crippen LogP contribution in [0.15, 0.2) is 12.1 Å². The van der Waals surface area contributed by atoms with Gasteiger partial charge < -0.3 is 0 Å². The third-order valence-corrected chi connectivity index (χ3v) is 4.80. The maximum absolute atomic E-state index is 12.2. The van der Waals surface area contributed by atoms with Gasteiger partial charge in [0.15, 0.2) is 0 Å². The topological polar surface area (TPSA) is 17.1 Å². The van der Waals surface area contributed by atoms with E-state index in [-0.39, 0.29) is 5.92 Å². The van der Waals surface area contributed by atoms with Crippen molar-refractivity contribution in [3.05, 3.63) is 34.4 Å². The van der Waals surface area contributed by atoms with E-state index in [1.807, 2.05) is 0 Å². The number of carbonyl (C=O) groups is 1. The van der Waals surface area contributed by atoms with E-state index in [0.29, 0.717) is 11.7 Å². The highest BCUT2D eigenvalue weighted by atomic mass is 16.1. The fourth-order valence-electron chi connectivity index (χ4n) is 3.41. The van der Waals surface area contributed by atoms with Gasteiger partial charge in [-0.15, -0.1) is 0 Å². The van der Waals surface area contributed by atoms with Gasteiger partial charge in [-0.25, -0.2) is 0 Å². The molecule has 21 heavy (non-hydrogen) atoms. The third kappa shape index (κ3) is 4.98. The SMILES string of the molecule is CCCC(CCC)C(Cc1cc(C)c(C)cc1C)C(C)=O. The van der Waals surface area contributed by atoms with Crippen molar-refractivity contribution in [2.24, 2.45) is 11.8 Å². The minimum Gasteiger partial charge on any atom is -0.300 e. The molecule has 1 atom stereocenters. The molecule has 118 valence electrons. The predicted octanol–water partition coefficient (Wildman–Crippen LogP) is 5.58. The Bertz CT molecular complexity index is 467. The van der Waals surface area contributed by atoms with Gasteiger partial charge in [0.25, 0.3) is 0 Å². The zero-order valence-electron chi connectivity index (χ0n) is 14.8. The van der Waals surface area contributed by atoms with E-state index in [0.717, 1.165) is 6.42 Å². The van der Waals surface area contributed by atoms with Crippen LogP contribution in [0.1, 0.15) is 68.7 Å². The van der Waals surface area contributed by atoms with Crippen LogP contribution in [-0.4, -0.2) is 5.78 Å². The van der Waals surface area contributed by atoms with Gasteiger partial charge in [0.1, 0.15) is 5.78 Å². The van der Waals surface area contributed by atoms with Crippen LogP contribution in [0.4, 0.5) is 0 Å². The molecule has 0 spiro atoms. The number of benzene rings is 1. The summed E-state index contributed by atoms with van der Waals surface area (Å²) in [7, 11) is 0. The van der Waals surface area contributed by atoms with Crippen LogP contribution in [0.5, 0.6) is 0 Å². The lowest BCUT2D eigenvalue weighted by atomic mass is 9.78. The second-order valence-electron chi connectivity index (χ2n) is 6.62. The first-order chi connectivity index (χ1) is 9.90. The van der Waals surface area contributed by atoms with Crippen LogP contribution in [0, 0.1) is 32.6 Å². The lowest BCUT2D eigenvalue weighted by molar-refractivity contribution is -0.122. The van der Waals surface area contributed by atoms with Crippen LogP contribution in [-0.2, 0) is 11.2 Å². The second kappa shape index (κ2) is 8.36. The van der Waals surface area contributed by atoms with Crippen molar-refractivity contribution in [1.29, 1.82) is 0 Å². The second-order valence-corrected chi connectivity index (χ2v) is 6.62. The normalized spacial score (nSPS) is 12.7. The molecule has 1 unspecified atom stereocenters. The summed E-state index contributed by atoms with van der Waals surface area (Å²) in [5, 5.41) is 0. The minimum absolute atomic E-state index is 0.186. The zero-order chi connectivity index (χ0) is 16.0. The van der Waals surface area contributed by atoms with E-state index >= 15 is 0 Å². The highest BCUT2D eigenvalue weighted by molar-refractivity contribution is 5.79. The van der Waals surface area contributed by atoms with E-state index in [4.69, 9.17) is 0 Å². The molecule has 0 saturated heterocycles. The number of ketones is 1. The largest absolute Gasteiger partial charge is 0.300 e. The van der Waals surface area contributed by atoms with E-state index < -0.39 is 0 Å². The Morgan fingerprint density at radius 1 is 0.952 bits per heavy atom. The highest BCUT2D eigenvalue weighted by Crippen LogP contribution is 2.29. The van der Waals surface area contributed by atoms with Crippen LogP contribution in [0.25, 0.3) is 0 Å². The average Bonchev–Trinajstić information content (AvgIpc) is 2.41. The van der Waals surface area contributed by atoms with Crippen LogP contribution < -0.4 is 0 Å². The molecule has 1 aromatic rings. The molecule has 0 fully saturated rings. The smallest absolute Gasteiger partial charge is 0.133 e. The molecule has 0 bridgehead atoms. The number of carbonyl (C=O) groups excluding carboxylic acids is 1. The van der Waals surface area contributed by atoms with E-state index in [2.05, 4.69) is 46.8 Å². The van der Waals surface area contributed by atoms with Crippen LogP contribution >= 0.6 is 0 Å². The lowest BCUT2D eigenvalue weighted by Crippen LogP contribution is -2.24. The number of hydrogen-bond donors (Lipinski definition) is 0. The standard InChI is InChI=1S/C20H32O/c1-7-9-18(10-8-2)20(17(6)21)13-19-12-15(4)14(3)11-16(19)5/h11-12,18,20H,7-10,13H2,1-6H3. The van der Waals surface area contributed by atoms with Gasteiger partial charge >= 0.3 is 0 Å². The average molecular weight is 288 g/mol. The number of Topliss-reactive ketones (excluding diaryl/α,β-unsaturated/α-hetero) is 1. The van der Waals surface area contributed by atoms with Crippen molar-refractivity contribution in [3.63, 3.8) is 0 Å². The Labute approximate surface area is 131 Å². The van der Waals surface area contributed by atoms with E-state index in [1.165, 1.54) is 47.9 Å². The first-order valence-electron chi connectivity index (χ1n) is 8.47. The lowest BCUT2D eigenvalue weighted by Gasteiger charge is -2.26. The molecular weight excluding hydrogens is 256 g/mol. The Kier molecular flexibility index (Phi) is 7.14. The first kappa shape index (κ1) is 17.9. The first-order valence-corrected chi connectivity index (χ1v) is 8.47. The molecule has 1 rings (SSSR count). The van der Waals surface area contributed by atoms with E-state index in [1.54, 1.807) is 6.92 Å². The summed E-state index contributed by atoms with van der Waals surface area (Å²) in [5.74, 6) is 1.09. The molecule has 0 heterocycles. The van der Waals surface area contributed by atoms with Gasteiger partial charge in [0.05, 0.1) is 0 Å². The summed E-state index contributed by atoms with van der Waals surface area (Å²) in [6, 6.07) is 4.55. The number of aryl methyl sites for hydroxylation is 3. The van der Waals surface area contributed by atoms with Gasteiger partial charge in [-0.1, -0.05) is 51.7 Å². The van der Waals surface area contributed by atoms with Gasteiger partial charge in [-0.2, -0.15) is 0 Å². The molecule has 0 saturated carbocycles. The summed E-state index contributed by atoms with van der Waals surface area (Å²) >= 11 is 0. The number of hydrogen-bond acceptors (Lipinski definition) is 1.